The number of ether oxygens (including phenoxy) is 1. The van der Waals surface area contributed by atoms with Crippen molar-refractivity contribution in [2.45, 2.75) is 18.9 Å². The monoisotopic (exact) mass is 272 g/mol. The van der Waals surface area contributed by atoms with Gasteiger partial charge in [0.05, 0.1) is 6.21 Å². The van der Waals surface area contributed by atoms with E-state index in [9.17, 15) is 9.90 Å². The lowest BCUT2D eigenvalue weighted by Crippen LogP contribution is -2.46. The Morgan fingerprint density at radius 2 is 2.15 bits per heavy atom. The van der Waals surface area contributed by atoms with Gasteiger partial charge >= 0.3 is 5.97 Å². The fourth-order valence-electron chi connectivity index (χ4n) is 1.97. The summed E-state index contributed by atoms with van der Waals surface area (Å²) < 4.78 is 5.79. The summed E-state index contributed by atoms with van der Waals surface area (Å²) in [6.45, 7) is 1.77. The van der Waals surface area contributed by atoms with E-state index in [1.807, 2.05) is 6.07 Å². The molecule has 1 atom stereocenters. The molecule has 2 N–H and O–H groups in total. The Balaban J connectivity index is 2.42. The van der Waals surface area contributed by atoms with E-state index in [1.165, 1.54) is 6.21 Å². The van der Waals surface area contributed by atoms with E-state index in [0.717, 1.165) is 0 Å². The largest absolute Gasteiger partial charge is 0.478 e. The highest BCUT2D eigenvalue weighted by atomic mass is 16.5. The molecule has 0 radical (unpaired) electrons. The van der Waals surface area contributed by atoms with Gasteiger partial charge in [-0.3, -0.25) is 5.43 Å². The number of hydrogen-bond acceptors (Lipinski definition) is 4. The number of nitrogens with one attached hydrogen (secondary N) is 1. The quantitative estimate of drug-likeness (QED) is 0.863. The lowest BCUT2D eigenvalue weighted by Gasteiger charge is -2.30. The fraction of sp³-hybridized carbons (Fsp3) is 0.200. The number of carboxylic acid groups (broad SMARTS) is 1. The number of allylic oxidation sites excluding steroid dienone is 2. The van der Waals surface area contributed by atoms with E-state index >= 15 is 0 Å². The summed E-state index contributed by atoms with van der Waals surface area (Å²) in [6.07, 6.45) is 6.76. The van der Waals surface area contributed by atoms with Crippen molar-refractivity contribution >= 4 is 12.2 Å². The van der Waals surface area contributed by atoms with E-state index in [1.54, 1.807) is 49.5 Å². The highest BCUT2D eigenvalue weighted by Crippen LogP contribution is 2.28. The Morgan fingerprint density at radius 3 is 2.80 bits per heavy atom. The molecule has 0 amide bonds. The number of carbonyl (C=O) groups is 1. The van der Waals surface area contributed by atoms with Gasteiger partial charge in [0.15, 0.2) is 0 Å². The standard InChI is InChI=1S/C15H16N2O3/c1-2-15(14(18)19,12-7-6-10-16-17-11-12)20-13-8-4-3-5-9-13/h3-11,16H,2H2,1H3,(H,18,19). The molecule has 20 heavy (non-hydrogen) atoms. The second kappa shape index (κ2) is 6.06. The molecule has 1 aromatic carbocycles. The highest BCUT2D eigenvalue weighted by molar-refractivity contribution is 5.95. The normalized spacial score (nSPS) is 16.6. The lowest BCUT2D eigenvalue weighted by atomic mass is 9.90. The van der Waals surface area contributed by atoms with Gasteiger partial charge in [0.2, 0.25) is 5.60 Å². The number of rotatable bonds is 5. The Labute approximate surface area is 117 Å². The first-order valence-corrected chi connectivity index (χ1v) is 6.32. The summed E-state index contributed by atoms with van der Waals surface area (Å²) in [5, 5.41) is 13.6. The van der Waals surface area contributed by atoms with E-state index in [4.69, 9.17) is 4.74 Å². The minimum absolute atomic E-state index is 0.281. The summed E-state index contributed by atoms with van der Waals surface area (Å²) in [7, 11) is 0. The van der Waals surface area contributed by atoms with Gasteiger partial charge in [-0.1, -0.05) is 31.2 Å². The molecule has 5 nitrogen and oxygen atoms in total. The van der Waals surface area contributed by atoms with Gasteiger partial charge in [-0.05, 0) is 24.6 Å². The van der Waals surface area contributed by atoms with Crippen LogP contribution in [0.5, 0.6) is 5.75 Å². The molecule has 104 valence electrons. The first kappa shape index (κ1) is 13.9. The topological polar surface area (TPSA) is 70.9 Å². The van der Waals surface area contributed by atoms with Gasteiger partial charge in [-0.2, -0.15) is 5.10 Å². The van der Waals surface area contributed by atoms with Crippen molar-refractivity contribution in [3.05, 3.63) is 54.3 Å². The number of hydrazone groups is 1. The molecular formula is C15H16N2O3. The third kappa shape index (κ3) is 2.71. The molecule has 1 aliphatic rings. The van der Waals surface area contributed by atoms with Gasteiger partial charge in [0, 0.05) is 11.8 Å². The van der Waals surface area contributed by atoms with Crippen LogP contribution in [0.2, 0.25) is 0 Å². The molecule has 1 aromatic rings. The zero-order valence-electron chi connectivity index (χ0n) is 11.1. The predicted octanol–water partition coefficient (Wildman–Crippen LogP) is 2.33. The van der Waals surface area contributed by atoms with Crippen LogP contribution in [0.4, 0.5) is 0 Å². The van der Waals surface area contributed by atoms with Crippen molar-refractivity contribution in [2.24, 2.45) is 5.10 Å². The van der Waals surface area contributed by atoms with Crippen LogP contribution in [0.1, 0.15) is 13.3 Å². The first-order chi connectivity index (χ1) is 9.69. The second-order valence-corrected chi connectivity index (χ2v) is 4.27. The summed E-state index contributed by atoms with van der Waals surface area (Å²) >= 11 is 0. The van der Waals surface area contributed by atoms with Crippen LogP contribution >= 0.6 is 0 Å². The van der Waals surface area contributed by atoms with Crippen LogP contribution in [-0.2, 0) is 4.79 Å². The molecular weight excluding hydrogens is 256 g/mol. The maximum atomic E-state index is 11.8. The molecule has 1 heterocycles. The minimum Gasteiger partial charge on any atom is -0.478 e. The molecule has 0 saturated carbocycles. The number of benzene rings is 1. The van der Waals surface area contributed by atoms with Crippen LogP contribution < -0.4 is 10.2 Å². The molecule has 0 fully saturated rings. The molecule has 0 saturated heterocycles. The Hall–Kier alpha value is -2.56. The zero-order valence-corrected chi connectivity index (χ0v) is 11.1. The molecule has 0 spiro atoms. The van der Waals surface area contributed by atoms with E-state index in [0.29, 0.717) is 11.3 Å². The number of para-hydroxylation sites is 1. The van der Waals surface area contributed by atoms with Crippen LogP contribution in [0, 0.1) is 0 Å². The van der Waals surface area contributed by atoms with Crippen molar-refractivity contribution in [3.63, 3.8) is 0 Å². The van der Waals surface area contributed by atoms with Crippen molar-refractivity contribution in [1.29, 1.82) is 0 Å². The van der Waals surface area contributed by atoms with E-state index in [2.05, 4.69) is 10.5 Å². The third-order valence-electron chi connectivity index (χ3n) is 3.07. The average molecular weight is 272 g/mol. The Bertz CT molecular complexity index is 564. The Morgan fingerprint density at radius 1 is 1.40 bits per heavy atom. The smallest absolute Gasteiger partial charge is 0.352 e. The van der Waals surface area contributed by atoms with Crippen molar-refractivity contribution in [2.75, 3.05) is 0 Å². The van der Waals surface area contributed by atoms with Gasteiger partial charge in [-0.25, -0.2) is 4.79 Å². The molecule has 0 aromatic heterocycles. The fourth-order valence-corrected chi connectivity index (χ4v) is 1.97. The summed E-state index contributed by atoms with van der Waals surface area (Å²) in [5.74, 6) is -0.538. The van der Waals surface area contributed by atoms with Crippen LogP contribution in [0.15, 0.2) is 59.4 Å². The minimum atomic E-state index is -1.46. The number of carboxylic acids is 1. The van der Waals surface area contributed by atoms with Crippen molar-refractivity contribution in [1.82, 2.24) is 5.43 Å². The van der Waals surface area contributed by atoms with E-state index < -0.39 is 11.6 Å². The Kier molecular flexibility index (Phi) is 4.20. The average Bonchev–Trinajstić information content (AvgIpc) is 2.75. The third-order valence-corrected chi connectivity index (χ3v) is 3.07. The van der Waals surface area contributed by atoms with Crippen LogP contribution in [-0.4, -0.2) is 22.9 Å². The van der Waals surface area contributed by atoms with Gasteiger partial charge in [0.25, 0.3) is 0 Å². The summed E-state index contributed by atoms with van der Waals surface area (Å²) in [5.41, 5.74) is 1.69. The molecule has 0 aliphatic carbocycles. The van der Waals surface area contributed by atoms with Crippen LogP contribution in [0.3, 0.4) is 0 Å². The van der Waals surface area contributed by atoms with Gasteiger partial charge < -0.3 is 9.84 Å². The van der Waals surface area contributed by atoms with Crippen molar-refractivity contribution in [3.8, 4) is 5.75 Å². The maximum Gasteiger partial charge on any atom is 0.352 e. The zero-order chi connectivity index (χ0) is 14.4. The molecule has 2 rings (SSSR count). The molecule has 1 unspecified atom stereocenters. The second-order valence-electron chi connectivity index (χ2n) is 4.27. The predicted molar refractivity (Wildman–Crippen MR) is 76.6 cm³/mol. The van der Waals surface area contributed by atoms with Gasteiger partial charge in [0.1, 0.15) is 5.75 Å². The SMILES string of the molecule is CCC(Oc1ccccc1)(C(=O)O)C1=CC=CNN=C1. The highest BCUT2D eigenvalue weighted by Gasteiger charge is 2.42. The summed E-state index contributed by atoms with van der Waals surface area (Å²) in [4.78, 5) is 11.8. The molecule has 5 heteroatoms. The van der Waals surface area contributed by atoms with E-state index in [-0.39, 0.29) is 6.42 Å². The van der Waals surface area contributed by atoms with Gasteiger partial charge in [-0.15, -0.1) is 0 Å². The number of hydrogen-bond donors (Lipinski definition) is 2. The molecule has 1 aliphatic heterocycles. The van der Waals surface area contributed by atoms with Crippen molar-refractivity contribution < 1.29 is 14.6 Å². The van der Waals surface area contributed by atoms with Crippen LogP contribution in [0.25, 0.3) is 0 Å². The first-order valence-electron chi connectivity index (χ1n) is 6.32. The number of nitrogens with zero attached hydrogens (tertiary/aromatic N) is 1. The summed E-state index contributed by atoms with van der Waals surface area (Å²) in [6, 6.07) is 8.91. The molecule has 0 bridgehead atoms. The lowest BCUT2D eigenvalue weighted by molar-refractivity contribution is -0.151. The maximum absolute atomic E-state index is 11.8. The number of aliphatic carboxylic acids is 1.